The van der Waals surface area contributed by atoms with Gasteiger partial charge in [0.25, 0.3) is 0 Å². The minimum atomic E-state index is -0.0218. The van der Waals surface area contributed by atoms with Gasteiger partial charge in [0.05, 0.1) is 19.3 Å². The summed E-state index contributed by atoms with van der Waals surface area (Å²) in [5.74, 6) is 3.35. The van der Waals surface area contributed by atoms with Gasteiger partial charge < -0.3 is 14.8 Å². The molecule has 0 heterocycles. The highest BCUT2D eigenvalue weighted by molar-refractivity contribution is 5.80. The average molecular weight is 331 g/mol. The number of benzene rings is 1. The van der Waals surface area contributed by atoms with Crippen LogP contribution >= 0.6 is 0 Å². The molecule has 2 saturated carbocycles. The molecule has 2 aliphatic rings. The van der Waals surface area contributed by atoms with E-state index in [4.69, 9.17) is 9.47 Å². The molecule has 4 unspecified atom stereocenters. The maximum atomic E-state index is 12.6. The van der Waals surface area contributed by atoms with Crippen LogP contribution in [0.4, 0.5) is 0 Å². The molecule has 0 spiro atoms. The summed E-state index contributed by atoms with van der Waals surface area (Å²) in [6, 6.07) is 5.91. The summed E-state index contributed by atoms with van der Waals surface area (Å²) < 4.78 is 11.3. The van der Waals surface area contributed by atoms with Gasteiger partial charge in [-0.3, -0.25) is 4.79 Å². The van der Waals surface area contributed by atoms with E-state index >= 15 is 0 Å². The molecule has 1 amide bonds. The first kappa shape index (κ1) is 17.1. The predicted octanol–water partition coefficient (Wildman–Crippen LogP) is 4.10. The third-order valence-electron chi connectivity index (χ3n) is 5.50. The van der Waals surface area contributed by atoms with Crippen molar-refractivity contribution in [3.63, 3.8) is 0 Å². The molecule has 0 aliphatic heterocycles. The summed E-state index contributed by atoms with van der Waals surface area (Å²) in [7, 11) is 0. The van der Waals surface area contributed by atoms with Crippen molar-refractivity contribution in [2.75, 3.05) is 13.2 Å². The van der Waals surface area contributed by atoms with Crippen LogP contribution in [0.2, 0.25) is 0 Å². The van der Waals surface area contributed by atoms with E-state index < -0.39 is 0 Å². The molecule has 2 bridgehead atoms. The Kier molecular flexibility index (Phi) is 5.32. The summed E-state index contributed by atoms with van der Waals surface area (Å²) in [5, 5.41) is 3.21. The second-order valence-corrected chi connectivity index (χ2v) is 7.08. The fourth-order valence-electron chi connectivity index (χ4n) is 4.31. The number of hydrogen-bond acceptors (Lipinski definition) is 3. The fourth-order valence-corrected chi connectivity index (χ4v) is 4.31. The lowest BCUT2D eigenvalue weighted by atomic mass is 9.88. The minimum Gasteiger partial charge on any atom is -0.490 e. The van der Waals surface area contributed by atoms with E-state index in [1.54, 1.807) is 0 Å². The van der Waals surface area contributed by atoms with Crippen molar-refractivity contribution in [3.05, 3.63) is 23.8 Å². The first-order valence-electron chi connectivity index (χ1n) is 9.32. The van der Waals surface area contributed by atoms with Crippen molar-refractivity contribution in [3.8, 4) is 11.5 Å². The Morgan fingerprint density at radius 1 is 1.17 bits per heavy atom. The Bertz CT molecular complexity index is 586. The van der Waals surface area contributed by atoms with Gasteiger partial charge in [0.2, 0.25) is 5.91 Å². The SMILES string of the molecule is CCOc1ccc(C(C)NC(=O)C2CC3CCC2C3)cc1OCC. The molecule has 2 fully saturated rings. The van der Waals surface area contributed by atoms with Gasteiger partial charge >= 0.3 is 0 Å². The second-order valence-electron chi connectivity index (χ2n) is 7.08. The summed E-state index contributed by atoms with van der Waals surface area (Å²) in [6.07, 6.45) is 4.88. The zero-order valence-corrected chi connectivity index (χ0v) is 15.0. The van der Waals surface area contributed by atoms with Crippen LogP contribution < -0.4 is 14.8 Å². The van der Waals surface area contributed by atoms with Gasteiger partial charge in [-0.25, -0.2) is 0 Å². The lowest BCUT2D eigenvalue weighted by molar-refractivity contribution is -0.127. The summed E-state index contributed by atoms with van der Waals surface area (Å²) in [4.78, 5) is 12.6. The Hall–Kier alpha value is -1.71. The zero-order chi connectivity index (χ0) is 17.1. The van der Waals surface area contributed by atoms with Crippen molar-refractivity contribution in [2.24, 2.45) is 17.8 Å². The quantitative estimate of drug-likeness (QED) is 0.818. The zero-order valence-electron chi connectivity index (χ0n) is 15.0. The molecule has 0 radical (unpaired) electrons. The Balaban J connectivity index is 1.66. The number of rotatable bonds is 7. The number of carbonyl (C=O) groups excluding carboxylic acids is 1. The normalized spacial score (nSPS) is 26.2. The van der Waals surface area contributed by atoms with Crippen molar-refractivity contribution in [1.82, 2.24) is 5.32 Å². The standard InChI is InChI=1S/C20H29NO3/c1-4-23-18-9-8-15(12-19(18)24-5-2)13(3)21-20(22)17-11-14-6-7-16(17)10-14/h8-9,12-14,16-17H,4-7,10-11H2,1-3H3,(H,21,22). The van der Waals surface area contributed by atoms with Gasteiger partial charge in [-0.2, -0.15) is 0 Å². The van der Waals surface area contributed by atoms with E-state index in [2.05, 4.69) is 5.32 Å². The molecule has 1 N–H and O–H groups in total. The van der Waals surface area contributed by atoms with Crippen LogP contribution in [0.5, 0.6) is 11.5 Å². The Morgan fingerprint density at radius 2 is 1.92 bits per heavy atom. The molecule has 4 atom stereocenters. The minimum absolute atomic E-state index is 0.0218. The smallest absolute Gasteiger partial charge is 0.223 e. The molecule has 4 heteroatoms. The molecule has 1 aromatic carbocycles. The van der Waals surface area contributed by atoms with E-state index in [1.165, 1.54) is 19.3 Å². The lowest BCUT2D eigenvalue weighted by Gasteiger charge is -2.24. The fraction of sp³-hybridized carbons (Fsp3) is 0.650. The van der Waals surface area contributed by atoms with Crippen molar-refractivity contribution >= 4 is 5.91 Å². The second kappa shape index (κ2) is 7.45. The monoisotopic (exact) mass is 331 g/mol. The number of ether oxygens (including phenoxy) is 2. The molecular formula is C20H29NO3. The lowest BCUT2D eigenvalue weighted by Crippen LogP contribution is -2.35. The molecule has 2 aliphatic carbocycles. The Labute approximate surface area is 144 Å². The van der Waals surface area contributed by atoms with Crippen LogP contribution in [-0.2, 0) is 4.79 Å². The van der Waals surface area contributed by atoms with E-state index in [-0.39, 0.29) is 17.9 Å². The van der Waals surface area contributed by atoms with Crippen LogP contribution in [-0.4, -0.2) is 19.1 Å². The Morgan fingerprint density at radius 3 is 2.54 bits per heavy atom. The highest BCUT2D eigenvalue weighted by Crippen LogP contribution is 2.48. The van der Waals surface area contributed by atoms with E-state index in [9.17, 15) is 4.79 Å². The van der Waals surface area contributed by atoms with Crippen molar-refractivity contribution in [1.29, 1.82) is 0 Å². The molecule has 24 heavy (non-hydrogen) atoms. The van der Waals surface area contributed by atoms with Gasteiger partial charge in [-0.15, -0.1) is 0 Å². The van der Waals surface area contributed by atoms with Crippen LogP contribution in [0.1, 0.15) is 58.1 Å². The number of fused-ring (bicyclic) bond motifs is 2. The van der Waals surface area contributed by atoms with Crippen LogP contribution in [0, 0.1) is 17.8 Å². The van der Waals surface area contributed by atoms with E-state index in [0.717, 1.165) is 29.4 Å². The third-order valence-corrected chi connectivity index (χ3v) is 5.50. The summed E-state index contributed by atoms with van der Waals surface area (Å²) in [6.45, 7) is 7.16. The van der Waals surface area contributed by atoms with Gasteiger partial charge in [0.1, 0.15) is 0 Å². The number of amides is 1. The van der Waals surface area contributed by atoms with Crippen LogP contribution in [0.15, 0.2) is 18.2 Å². The maximum Gasteiger partial charge on any atom is 0.223 e. The van der Waals surface area contributed by atoms with Crippen LogP contribution in [0.25, 0.3) is 0 Å². The topological polar surface area (TPSA) is 47.6 Å². The average Bonchev–Trinajstić information content (AvgIpc) is 3.20. The van der Waals surface area contributed by atoms with Gasteiger partial charge in [-0.1, -0.05) is 12.5 Å². The van der Waals surface area contributed by atoms with Crippen molar-refractivity contribution in [2.45, 2.75) is 52.5 Å². The highest BCUT2D eigenvalue weighted by atomic mass is 16.5. The van der Waals surface area contributed by atoms with Crippen molar-refractivity contribution < 1.29 is 14.3 Å². The maximum absolute atomic E-state index is 12.6. The van der Waals surface area contributed by atoms with Gasteiger partial charge in [0.15, 0.2) is 11.5 Å². The number of carbonyl (C=O) groups is 1. The molecular weight excluding hydrogens is 302 g/mol. The largest absolute Gasteiger partial charge is 0.490 e. The first-order chi connectivity index (χ1) is 11.6. The molecule has 1 aromatic rings. The summed E-state index contributed by atoms with van der Waals surface area (Å²) >= 11 is 0. The molecule has 0 saturated heterocycles. The molecule has 4 nitrogen and oxygen atoms in total. The summed E-state index contributed by atoms with van der Waals surface area (Å²) in [5.41, 5.74) is 1.05. The highest BCUT2D eigenvalue weighted by Gasteiger charge is 2.43. The van der Waals surface area contributed by atoms with Crippen LogP contribution in [0.3, 0.4) is 0 Å². The number of hydrogen-bond donors (Lipinski definition) is 1. The van der Waals surface area contributed by atoms with E-state index in [1.807, 2.05) is 39.0 Å². The van der Waals surface area contributed by atoms with E-state index in [0.29, 0.717) is 19.1 Å². The number of nitrogens with one attached hydrogen (secondary N) is 1. The molecule has 3 rings (SSSR count). The third kappa shape index (κ3) is 3.52. The van der Waals surface area contributed by atoms with Gasteiger partial charge in [0, 0.05) is 5.92 Å². The predicted molar refractivity (Wildman–Crippen MR) is 94.3 cm³/mol. The molecule has 0 aromatic heterocycles. The van der Waals surface area contributed by atoms with Gasteiger partial charge in [-0.05, 0) is 69.6 Å². The first-order valence-corrected chi connectivity index (χ1v) is 9.32. The molecule has 132 valence electrons.